The van der Waals surface area contributed by atoms with E-state index < -0.39 is 5.60 Å². The molecule has 2 N–H and O–H groups in total. The zero-order chi connectivity index (χ0) is 13.3. The predicted octanol–water partition coefficient (Wildman–Crippen LogP) is 2.19. The van der Waals surface area contributed by atoms with E-state index in [0.29, 0.717) is 19.6 Å². The number of aromatic nitrogens is 1. The van der Waals surface area contributed by atoms with E-state index in [1.165, 1.54) is 0 Å². The van der Waals surface area contributed by atoms with E-state index in [9.17, 15) is 5.11 Å². The van der Waals surface area contributed by atoms with Crippen molar-refractivity contribution >= 4 is 16.7 Å². The summed E-state index contributed by atoms with van der Waals surface area (Å²) in [5.74, 6) is 0.784. The fourth-order valence-electron chi connectivity index (χ4n) is 2.41. The fourth-order valence-corrected chi connectivity index (χ4v) is 2.41. The minimum atomic E-state index is -0.798. The van der Waals surface area contributed by atoms with Crippen molar-refractivity contribution in [1.29, 1.82) is 0 Å². The van der Waals surface area contributed by atoms with E-state index in [1.807, 2.05) is 43.3 Å². The van der Waals surface area contributed by atoms with Gasteiger partial charge >= 0.3 is 0 Å². The monoisotopic (exact) mass is 258 g/mol. The summed E-state index contributed by atoms with van der Waals surface area (Å²) in [6.07, 6.45) is 0.523. The minimum absolute atomic E-state index is 0.138. The summed E-state index contributed by atoms with van der Waals surface area (Å²) in [7, 11) is 0. The van der Waals surface area contributed by atoms with E-state index in [4.69, 9.17) is 4.74 Å². The molecule has 2 unspecified atom stereocenters. The quantitative estimate of drug-likeness (QED) is 0.886. The number of aliphatic hydroxyl groups is 1. The van der Waals surface area contributed by atoms with Crippen LogP contribution in [0.25, 0.3) is 10.9 Å². The molecule has 4 nitrogen and oxygen atoms in total. The van der Waals surface area contributed by atoms with Gasteiger partial charge in [-0.15, -0.1) is 0 Å². The second-order valence-electron chi connectivity index (χ2n) is 5.11. The summed E-state index contributed by atoms with van der Waals surface area (Å²) in [6.45, 7) is 2.98. The molecule has 1 fully saturated rings. The highest BCUT2D eigenvalue weighted by molar-refractivity contribution is 5.80. The lowest BCUT2D eigenvalue weighted by atomic mass is 9.97. The van der Waals surface area contributed by atoms with Crippen LogP contribution in [0.3, 0.4) is 0 Å². The van der Waals surface area contributed by atoms with E-state index in [0.717, 1.165) is 16.7 Å². The van der Waals surface area contributed by atoms with Crippen molar-refractivity contribution in [2.75, 3.05) is 18.5 Å². The Balaban J connectivity index is 1.75. The summed E-state index contributed by atoms with van der Waals surface area (Å²) >= 11 is 0. The molecule has 2 atom stereocenters. The lowest BCUT2D eigenvalue weighted by Gasteiger charge is -2.26. The third-order valence-electron chi connectivity index (χ3n) is 3.83. The normalized spacial score (nSPS) is 26.7. The Kier molecular flexibility index (Phi) is 3.12. The first-order valence-electron chi connectivity index (χ1n) is 6.61. The van der Waals surface area contributed by atoms with Crippen molar-refractivity contribution in [3.63, 3.8) is 0 Å². The second-order valence-corrected chi connectivity index (χ2v) is 5.11. The van der Waals surface area contributed by atoms with Gasteiger partial charge < -0.3 is 15.2 Å². The van der Waals surface area contributed by atoms with Crippen molar-refractivity contribution in [3.8, 4) is 0 Å². The molecular formula is C15H18N2O2. The van der Waals surface area contributed by atoms with Crippen molar-refractivity contribution in [2.45, 2.75) is 25.0 Å². The number of rotatable bonds is 3. The predicted molar refractivity (Wildman–Crippen MR) is 75.2 cm³/mol. The highest BCUT2D eigenvalue weighted by Gasteiger charge is 2.39. The number of hydrogen-bond acceptors (Lipinski definition) is 4. The van der Waals surface area contributed by atoms with E-state index in [-0.39, 0.29) is 6.10 Å². The first-order valence-corrected chi connectivity index (χ1v) is 6.61. The summed E-state index contributed by atoms with van der Waals surface area (Å²) in [4.78, 5) is 4.53. The van der Waals surface area contributed by atoms with Crippen LogP contribution < -0.4 is 5.32 Å². The van der Waals surface area contributed by atoms with Gasteiger partial charge in [-0.25, -0.2) is 4.98 Å². The van der Waals surface area contributed by atoms with Crippen LogP contribution in [0.15, 0.2) is 36.4 Å². The lowest BCUT2D eigenvalue weighted by molar-refractivity contribution is -0.0176. The molecule has 1 aliphatic heterocycles. The highest BCUT2D eigenvalue weighted by atomic mass is 16.5. The molecule has 1 aliphatic rings. The Hall–Kier alpha value is -1.65. The topological polar surface area (TPSA) is 54.4 Å². The Morgan fingerprint density at radius 3 is 3.00 bits per heavy atom. The maximum absolute atomic E-state index is 10.4. The zero-order valence-corrected chi connectivity index (χ0v) is 11.0. The van der Waals surface area contributed by atoms with Crippen LogP contribution in [0.2, 0.25) is 0 Å². The van der Waals surface area contributed by atoms with Crippen LogP contribution in [0.1, 0.15) is 13.3 Å². The van der Waals surface area contributed by atoms with Gasteiger partial charge in [0.1, 0.15) is 11.4 Å². The molecule has 0 bridgehead atoms. The first-order chi connectivity index (χ1) is 9.17. The molecule has 1 aromatic carbocycles. The van der Waals surface area contributed by atoms with Crippen LogP contribution in [-0.4, -0.2) is 34.9 Å². The van der Waals surface area contributed by atoms with Crippen molar-refractivity contribution in [2.24, 2.45) is 0 Å². The third kappa shape index (κ3) is 2.41. The molecule has 0 radical (unpaired) electrons. The molecule has 2 heterocycles. The van der Waals surface area contributed by atoms with Gasteiger partial charge in [0.2, 0.25) is 0 Å². The van der Waals surface area contributed by atoms with Gasteiger partial charge in [0.15, 0.2) is 0 Å². The molecule has 0 aliphatic carbocycles. The first kappa shape index (κ1) is 12.4. The molecular weight excluding hydrogens is 240 g/mol. The Labute approximate surface area is 112 Å². The molecule has 0 saturated carbocycles. The standard InChI is InChI=1S/C15H18N2O2/c1-11-15(18,8-9-19-11)10-16-14-7-6-12-4-2-3-5-13(12)17-14/h2-7,11,18H,8-10H2,1H3,(H,16,17). The van der Waals surface area contributed by atoms with Gasteiger partial charge in [-0.05, 0) is 25.1 Å². The number of hydrogen-bond donors (Lipinski definition) is 2. The summed E-state index contributed by atoms with van der Waals surface area (Å²) < 4.78 is 5.42. The molecule has 0 amide bonds. The number of para-hydroxylation sites is 1. The molecule has 3 rings (SSSR count). The van der Waals surface area contributed by atoms with Crippen LogP contribution >= 0.6 is 0 Å². The summed E-state index contributed by atoms with van der Waals surface area (Å²) in [6, 6.07) is 12.0. The molecule has 1 saturated heterocycles. The zero-order valence-electron chi connectivity index (χ0n) is 11.0. The van der Waals surface area contributed by atoms with Gasteiger partial charge in [-0.2, -0.15) is 0 Å². The smallest absolute Gasteiger partial charge is 0.126 e. The van der Waals surface area contributed by atoms with Crippen molar-refractivity contribution in [1.82, 2.24) is 4.98 Å². The summed E-state index contributed by atoms with van der Waals surface area (Å²) in [5, 5.41) is 14.7. The lowest BCUT2D eigenvalue weighted by Crippen LogP contribution is -2.43. The van der Waals surface area contributed by atoms with Crippen LogP contribution in [-0.2, 0) is 4.74 Å². The maximum Gasteiger partial charge on any atom is 0.126 e. The highest BCUT2D eigenvalue weighted by Crippen LogP contribution is 2.26. The van der Waals surface area contributed by atoms with Gasteiger partial charge in [-0.1, -0.05) is 18.2 Å². The average Bonchev–Trinajstić information content (AvgIpc) is 2.77. The number of anilines is 1. The van der Waals surface area contributed by atoms with Gasteiger partial charge in [-0.3, -0.25) is 0 Å². The molecule has 100 valence electrons. The number of pyridine rings is 1. The van der Waals surface area contributed by atoms with Crippen molar-refractivity contribution in [3.05, 3.63) is 36.4 Å². The van der Waals surface area contributed by atoms with Gasteiger partial charge in [0, 0.05) is 25.0 Å². The molecule has 0 spiro atoms. The molecule has 4 heteroatoms. The molecule has 1 aromatic heterocycles. The Morgan fingerprint density at radius 2 is 2.21 bits per heavy atom. The number of benzene rings is 1. The summed E-state index contributed by atoms with van der Waals surface area (Å²) in [5.41, 5.74) is 0.156. The van der Waals surface area contributed by atoms with Crippen LogP contribution in [0.4, 0.5) is 5.82 Å². The van der Waals surface area contributed by atoms with Crippen LogP contribution in [0, 0.1) is 0 Å². The van der Waals surface area contributed by atoms with Gasteiger partial charge in [0.05, 0.1) is 11.6 Å². The third-order valence-corrected chi connectivity index (χ3v) is 3.83. The fraction of sp³-hybridized carbons (Fsp3) is 0.400. The number of fused-ring (bicyclic) bond motifs is 1. The van der Waals surface area contributed by atoms with Gasteiger partial charge in [0.25, 0.3) is 0 Å². The largest absolute Gasteiger partial charge is 0.385 e. The number of nitrogens with one attached hydrogen (secondary N) is 1. The molecule has 2 aromatic rings. The van der Waals surface area contributed by atoms with Crippen molar-refractivity contribution < 1.29 is 9.84 Å². The Morgan fingerprint density at radius 1 is 1.37 bits per heavy atom. The maximum atomic E-state index is 10.4. The van der Waals surface area contributed by atoms with E-state index in [1.54, 1.807) is 0 Å². The minimum Gasteiger partial charge on any atom is -0.385 e. The average molecular weight is 258 g/mol. The van der Waals surface area contributed by atoms with E-state index >= 15 is 0 Å². The molecule has 19 heavy (non-hydrogen) atoms. The Bertz CT molecular complexity index is 587. The van der Waals surface area contributed by atoms with Crippen LogP contribution in [0.5, 0.6) is 0 Å². The SMILES string of the molecule is CC1OCCC1(O)CNc1ccc2ccccc2n1. The van der Waals surface area contributed by atoms with E-state index in [2.05, 4.69) is 10.3 Å². The number of ether oxygens (including phenoxy) is 1. The second kappa shape index (κ2) is 4.79. The number of nitrogens with zero attached hydrogens (tertiary/aromatic N) is 1.